The third-order valence-corrected chi connectivity index (χ3v) is 2.76. The third-order valence-electron chi connectivity index (χ3n) is 2.76. The molecule has 2 unspecified atom stereocenters. The molecule has 4 N–H and O–H groups in total. The van der Waals surface area contributed by atoms with Crippen LogP contribution in [0.4, 0.5) is 5.82 Å². The molecule has 0 aromatic carbocycles. The van der Waals surface area contributed by atoms with Crippen LogP contribution in [0.15, 0.2) is 12.4 Å². The summed E-state index contributed by atoms with van der Waals surface area (Å²) in [6.45, 7) is 3.03. The molecular formula is C11H17N5O2. The van der Waals surface area contributed by atoms with Gasteiger partial charge in [0.15, 0.2) is 5.82 Å². The van der Waals surface area contributed by atoms with E-state index < -0.39 is 0 Å². The Bertz CT molecular complexity index is 439. The number of anilines is 1. The Balaban J connectivity index is 2.27. The molecule has 0 aliphatic carbocycles. The number of nitrogens with one attached hydrogen (secondary N) is 1. The van der Waals surface area contributed by atoms with Crippen LogP contribution in [-0.2, 0) is 4.74 Å². The number of aromatic nitrogens is 2. The van der Waals surface area contributed by atoms with Crippen molar-refractivity contribution >= 4 is 11.7 Å². The summed E-state index contributed by atoms with van der Waals surface area (Å²) < 4.78 is 5.56. The molecule has 1 saturated heterocycles. The van der Waals surface area contributed by atoms with Crippen LogP contribution in [0.5, 0.6) is 0 Å². The van der Waals surface area contributed by atoms with Gasteiger partial charge >= 0.3 is 0 Å². The largest absolute Gasteiger partial charge is 0.394 e. The lowest BCUT2D eigenvalue weighted by Gasteiger charge is -2.37. The van der Waals surface area contributed by atoms with Crippen LogP contribution in [0.25, 0.3) is 0 Å². The van der Waals surface area contributed by atoms with Gasteiger partial charge in [0.25, 0.3) is 0 Å². The first kappa shape index (κ1) is 12.7. The van der Waals surface area contributed by atoms with Gasteiger partial charge in [0.05, 0.1) is 18.8 Å². The highest BCUT2D eigenvalue weighted by Gasteiger charge is 2.27. The Labute approximate surface area is 105 Å². The van der Waals surface area contributed by atoms with Crippen LogP contribution in [0.2, 0.25) is 0 Å². The van der Waals surface area contributed by atoms with Crippen molar-refractivity contribution in [3.63, 3.8) is 0 Å². The van der Waals surface area contributed by atoms with Gasteiger partial charge in [-0.05, 0) is 6.92 Å². The Hall–Kier alpha value is -1.73. The highest BCUT2D eigenvalue weighted by Crippen LogP contribution is 2.20. The lowest BCUT2D eigenvalue weighted by atomic mass is 10.2. The van der Waals surface area contributed by atoms with Crippen molar-refractivity contribution in [1.29, 1.82) is 5.41 Å². The number of rotatable bonds is 3. The number of ether oxygens (including phenoxy) is 1. The Morgan fingerprint density at radius 3 is 2.94 bits per heavy atom. The zero-order valence-corrected chi connectivity index (χ0v) is 10.2. The number of aliphatic hydroxyl groups is 1. The second-order valence-electron chi connectivity index (χ2n) is 4.30. The second-order valence-corrected chi connectivity index (χ2v) is 4.30. The van der Waals surface area contributed by atoms with Crippen LogP contribution in [0, 0.1) is 5.41 Å². The average Bonchev–Trinajstić information content (AvgIpc) is 2.38. The molecule has 7 heteroatoms. The molecule has 98 valence electrons. The van der Waals surface area contributed by atoms with E-state index in [2.05, 4.69) is 9.97 Å². The predicted molar refractivity (Wildman–Crippen MR) is 66.7 cm³/mol. The van der Waals surface area contributed by atoms with Gasteiger partial charge in [-0.3, -0.25) is 5.41 Å². The number of nitrogen functional groups attached to an aromatic ring is 1. The summed E-state index contributed by atoms with van der Waals surface area (Å²) in [5.41, 5.74) is 5.86. The van der Waals surface area contributed by atoms with Crippen LogP contribution in [0.3, 0.4) is 0 Å². The minimum Gasteiger partial charge on any atom is -0.394 e. The standard InChI is InChI=1S/C11H17N5O2/c1-7-4-16(5-8(6-17)18-7)11-9(10(12)13)14-2-3-15-11/h2-3,7-8,17H,4-6H2,1H3,(H3,12,13). The van der Waals surface area contributed by atoms with Crippen molar-refractivity contribution in [2.75, 3.05) is 24.6 Å². The first-order chi connectivity index (χ1) is 8.61. The van der Waals surface area contributed by atoms with Crippen LogP contribution < -0.4 is 10.6 Å². The van der Waals surface area contributed by atoms with Gasteiger partial charge in [-0.1, -0.05) is 0 Å². The molecular weight excluding hydrogens is 234 g/mol. The van der Waals surface area contributed by atoms with Gasteiger partial charge in [-0.15, -0.1) is 0 Å². The van der Waals surface area contributed by atoms with E-state index in [1.165, 1.54) is 6.20 Å². The van der Waals surface area contributed by atoms with Crippen molar-refractivity contribution in [2.24, 2.45) is 5.73 Å². The fourth-order valence-corrected chi connectivity index (χ4v) is 2.07. The van der Waals surface area contributed by atoms with Crippen molar-refractivity contribution in [2.45, 2.75) is 19.1 Å². The first-order valence-electron chi connectivity index (χ1n) is 5.78. The average molecular weight is 251 g/mol. The highest BCUT2D eigenvalue weighted by atomic mass is 16.5. The molecule has 0 bridgehead atoms. The maximum absolute atomic E-state index is 9.20. The number of nitrogens with two attached hydrogens (primary N) is 1. The summed E-state index contributed by atoms with van der Waals surface area (Å²) >= 11 is 0. The summed E-state index contributed by atoms with van der Waals surface area (Å²) in [6.07, 6.45) is 2.80. The van der Waals surface area contributed by atoms with Crippen molar-refractivity contribution < 1.29 is 9.84 Å². The van der Waals surface area contributed by atoms with Crippen molar-refractivity contribution in [3.8, 4) is 0 Å². The van der Waals surface area contributed by atoms with Gasteiger partial charge in [0, 0.05) is 25.5 Å². The third kappa shape index (κ3) is 2.57. The summed E-state index contributed by atoms with van der Waals surface area (Å²) in [6, 6.07) is 0. The number of amidine groups is 1. The molecule has 1 aliphatic heterocycles. The smallest absolute Gasteiger partial charge is 0.158 e. The van der Waals surface area contributed by atoms with Crippen LogP contribution in [0.1, 0.15) is 12.6 Å². The molecule has 0 saturated carbocycles. The van der Waals surface area contributed by atoms with Gasteiger partial charge in [0.2, 0.25) is 0 Å². The van der Waals surface area contributed by atoms with Crippen molar-refractivity contribution in [3.05, 3.63) is 18.1 Å². The van der Waals surface area contributed by atoms with Gasteiger partial charge in [-0.25, -0.2) is 9.97 Å². The van der Waals surface area contributed by atoms with E-state index in [9.17, 15) is 5.11 Å². The topological polar surface area (TPSA) is 108 Å². The minimum absolute atomic E-state index is 0.0160. The molecule has 0 amide bonds. The zero-order chi connectivity index (χ0) is 13.1. The maximum atomic E-state index is 9.20. The highest BCUT2D eigenvalue weighted by molar-refractivity contribution is 5.97. The van der Waals surface area contributed by atoms with Crippen LogP contribution >= 0.6 is 0 Å². The number of aliphatic hydroxyl groups excluding tert-OH is 1. The SMILES string of the molecule is CC1CN(c2nccnc2C(=N)N)CC(CO)O1. The Kier molecular flexibility index (Phi) is 3.73. The fraction of sp³-hybridized carbons (Fsp3) is 0.545. The second kappa shape index (κ2) is 5.28. The van der Waals surface area contributed by atoms with Gasteiger partial charge in [0.1, 0.15) is 11.5 Å². The summed E-state index contributed by atoms with van der Waals surface area (Å²) in [7, 11) is 0. The van der Waals surface area contributed by atoms with E-state index in [0.29, 0.717) is 24.6 Å². The summed E-state index contributed by atoms with van der Waals surface area (Å²) in [5, 5.41) is 16.7. The van der Waals surface area contributed by atoms with E-state index in [1.807, 2.05) is 11.8 Å². The molecule has 0 spiro atoms. The molecule has 2 heterocycles. The Morgan fingerprint density at radius 1 is 1.56 bits per heavy atom. The maximum Gasteiger partial charge on any atom is 0.158 e. The number of hydrogen-bond donors (Lipinski definition) is 3. The zero-order valence-electron chi connectivity index (χ0n) is 10.2. The lowest BCUT2D eigenvalue weighted by molar-refractivity contribution is -0.0423. The van der Waals surface area contributed by atoms with Gasteiger partial charge in [-0.2, -0.15) is 0 Å². The quantitative estimate of drug-likeness (QED) is 0.486. The molecule has 7 nitrogen and oxygen atoms in total. The molecule has 2 rings (SSSR count). The summed E-state index contributed by atoms with van der Waals surface area (Å²) in [4.78, 5) is 10.2. The van der Waals surface area contributed by atoms with E-state index in [1.54, 1.807) is 6.20 Å². The number of morpholine rings is 1. The predicted octanol–water partition coefficient (Wildman–Crippen LogP) is -0.653. The Morgan fingerprint density at radius 2 is 2.28 bits per heavy atom. The first-order valence-corrected chi connectivity index (χ1v) is 5.78. The molecule has 1 aromatic rings. The molecule has 1 aliphatic rings. The minimum atomic E-state index is -0.254. The van der Waals surface area contributed by atoms with E-state index >= 15 is 0 Å². The van der Waals surface area contributed by atoms with Crippen molar-refractivity contribution in [1.82, 2.24) is 9.97 Å². The lowest BCUT2D eigenvalue weighted by Crippen LogP contribution is -2.49. The molecule has 0 radical (unpaired) electrons. The normalized spacial score (nSPS) is 24.0. The van der Waals surface area contributed by atoms with Crippen LogP contribution in [-0.4, -0.2) is 52.8 Å². The number of nitrogens with zero attached hydrogens (tertiary/aromatic N) is 3. The molecule has 2 atom stereocenters. The molecule has 1 aromatic heterocycles. The molecule has 18 heavy (non-hydrogen) atoms. The van der Waals surface area contributed by atoms with Gasteiger partial charge < -0.3 is 20.5 Å². The monoisotopic (exact) mass is 251 g/mol. The number of hydrogen-bond acceptors (Lipinski definition) is 6. The summed E-state index contributed by atoms with van der Waals surface area (Å²) in [5.74, 6) is 0.455. The van der Waals surface area contributed by atoms with E-state index in [0.717, 1.165) is 0 Å². The fourth-order valence-electron chi connectivity index (χ4n) is 2.07. The van der Waals surface area contributed by atoms with E-state index in [4.69, 9.17) is 15.9 Å². The molecule has 1 fully saturated rings. The van der Waals surface area contributed by atoms with E-state index in [-0.39, 0.29) is 24.7 Å².